The van der Waals surface area contributed by atoms with E-state index < -0.39 is 0 Å². The van der Waals surface area contributed by atoms with Crippen LogP contribution in [-0.2, 0) is 0 Å². The number of aromatic amines is 1. The lowest BCUT2D eigenvalue weighted by atomic mass is 10.2. The summed E-state index contributed by atoms with van der Waals surface area (Å²) in [6, 6.07) is 17.2. The molecule has 18 heavy (non-hydrogen) atoms. The summed E-state index contributed by atoms with van der Waals surface area (Å²) in [5.41, 5.74) is 0.883. The van der Waals surface area contributed by atoms with E-state index in [9.17, 15) is 0 Å². The fourth-order valence-corrected chi connectivity index (χ4v) is 1.61. The van der Waals surface area contributed by atoms with Crippen molar-refractivity contribution in [2.24, 2.45) is 0 Å². The molecule has 0 fully saturated rings. The van der Waals surface area contributed by atoms with Crippen LogP contribution in [0, 0.1) is 0 Å². The van der Waals surface area contributed by atoms with Gasteiger partial charge in [0.15, 0.2) is 5.82 Å². The minimum absolute atomic E-state index is 0.619. The van der Waals surface area contributed by atoms with Crippen LogP contribution in [0.2, 0.25) is 0 Å². The van der Waals surface area contributed by atoms with Gasteiger partial charge >= 0.3 is 0 Å². The van der Waals surface area contributed by atoms with Crippen LogP contribution in [0.15, 0.2) is 54.6 Å². The van der Waals surface area contributed by atoms with Crippen LogP contribution >= 0.6 is 0 Å². The number of aromatic nitrogens is 4. The maximum Gasteiger partial charge on any atom is 0.179 e. The highest BCUT2D eigenvalue weighted by Crippen LogP contribution is 2.24. The largest absolute Gasteiger partial charge is 0.457 e. The molecule has 5 nitrogen and oxygen atoms in total. The van der Waals surface area contributed by atoms with Gasteiger partial charge in [-0.2, -0.15) is 0 Å². The van der Waals surface area contributed by atoms with Gasteiger partial charge in [-0.1, -0.05) is 30.3 Å². The summed E-state index contributed by atoms with van der Waals surface area (Å²) in [5, 5.41) is 13.7. The average Bonchev–Trinajstić information content (AvgIpc) is 2.94. The fourth-order valence-electron chi connectivity index (χ4n) is 1.61. The average molecular weight is 238 g/mol. The van der Waals surface area contributed by atoms with Crippen molar-refractivity contribution < 1.29 is 4.74 Å². The lowest BCUT2D eigenvalue weighted by Gasteiger charge is -2.06. The molecule has 1 aromatic heterocycles. The normalized spacial score (nSPS) is 10.2. The van der Waals surface area contributed by atoms with Gasteiger partial charge in [0.1, 0.15) is 11.5 Å². The Kier molecular flexibility index (Phi) is 2.71. The molecule has 0 saturated carbocycles. The Balaban J connectivity index is 1.88. The predicted octanol–water partition coefficient (Wildman–Crippen LogP) is 2.66. The van der Waals surface area contributed by atoms with E-state index in [1.807, 2.05) is 54.6 Å². The summed E-state index contributed by atoms with van der Waals surface area (Å²) in [6.07, 6.45) is 0. The van der Waals surface area contributed by atoms with Gasteiger partial charge in [0.25, 0.3) is 0 Å². The Labute approximate surface area is 103 Å². The van der Waals surface area contributed by atoms with E-state index in [4.69, 9.17) is 4.74 Å². The minimum atomic E-state index is 0.619. The predicted molar refractivity (Wildman–Crippen MR) is 66.1 cm³/mol. The maximum absolute atomic E-state index is 5.73. The molecule has 88 valence electrons. The monoisotopic (exact) mass is 238 g/mol. The summed E-state index contributed by atoms with van der Waals surface area (Å²) in [6.45, 7) is 0. The molecule has 0 bridgehead atoms. The Morgan fingerprint density at radius 1 is 0.889 bits per heavy atom. The SMILES string of the molecule is c1ccc(Oc2cccc(-c3nnn[nH]3)c2)cc1. The van der Waals surface area contributed by atoms with Gasteiger partial charge in [-0.25, -0.2) is 5.10 Å². The molecule has 0 aliphatic carbocycles. The molecule has 0 atom stereocenters. The standard InChI is InChI=1S/C13H10N4O/c1-2-6-11(7-3-1)18-12-8-4-5-10(9-12)13-14-16-17-15-13/h1-9H,(H,14,15,16,17). The van der Waals surface area contributed by atoms with Gasteiger partial charge < -0.3 is 4.74 Å². The highest BCUT2D eigenvalue weighted by atomic mass is 16.5. The van der Waals surface area contributed by atoms with E-state index in [0.717, 1.165) is 17.1 Å². The quantitative estimate of drug-likeness (QED) is 0.761. The fraction of sp³-hybridized carbons (Fsp3) is 0. The van der Waals surface area contributed by atoms with Crippen LogP contribution in [-0.4, -0.2) is 20.6 Å². The van der Waals surface area contributed by atoms with Gasteiger partial charge in [-0.3, -0.25) is 0 Å². The topological polar surface area (TPSA) is 63.7 Å². The van der Waals surface area contributed by atoms with Gasteiger partial charge in [0.2, 0.25) is 0 Å². The van der Waals surface area contributed by atoms with Gasteiger partial charge in [-0.05, 0) is 34.7 Å². The van der Waals surface area contributed by atoms with E-state index in [-0.39, 0.29) is 0 Å². The molecular weight excluding hydrogens is 228 g/mol. The van der Waals surface area contributed by atoms with Crippen molar-refractivity contribution in [3.8, 4) is 22.9 Å². The second-order valence-electron chi connectivity index (χ2n) is 3.69. The number of tetrazole rings is 1. The third kappa shape index (κ3) is 2.20. The molecule has 0 saturated heterocycles. The van der Waals surface area contributed by atoms with Gasteiger partial charge in [-0.15, -0.1) is 5.10 Å². The molecule has 3 rings (SSSR count). The highest BCUT2D eigenvalue weighted by molar-refractivity contribution is 5.56. The number of ether oxygens (including phenoxy) is 1. The Bertz CT molecular complexity index is 623. The van der Waals surface area contributed by atoms with Crippen LogP contribution in [0.1, 0.15) is 0 Å². The molecule has 5 heteroatoms. The molecule has 0 aliphatic rings. The zero-order chi connectivity index (χ0) is 12.2. The van der Waals surface area contributed by atoms with Crippen LogP contribution in [0.25, 0.3) is 11.4 Å². The maximum atomic E-state index is 5.73. The van der Waals surface area contributed by atoms with E-state index in [1.165, 1.54) is 0 Å². The van der Waals surface area contributed by atoms with Gasteiger partial charge in [0, 0.05) is 5.56 Å². The number of nitrogens with zero attached hydrogens (tertiary/aromatic N) is 3. The zero-order valence-corrected chi connectivity index (χ0v) is 9.45. The lowest BCUT2D eigenvalue weighted by molar-refractivity contribution is 0.483. The molecular formula is C13H10N4O. The Morgan fingerprint density at radius 3 is 2.50 bits per heavy atom. The smallest absolute Gasteiger partial charge is 0.179 e. The molecule has 0 amide bonds. The summed E-state index contributed by atoms with van der Waals surface area (Å²) in [5.74, 6) is 2.16. The third-order valence-electron chi connectivity index (χ3n) is 2.43. The van der Waals surface area contributed by atoms with Crippen LogP contribution in [0.4, 0.5) is 0 Å². The van der Waals surface area contributed by atoms with Crippen molar-refractivity contribution in [1.82, 2.24) is 20.6 Å². The van der Waals surface area contributed by atoms with Crippen LogP contribution in [0.3, 0.4) is 0 Å². The molecule has 0 radical (unpaired) electrons. The highest BCUT2D eigenvalue weighted by Gasteiger charge is 2.03. The van der Waals surface area contributed by atoms with Crippen molar-refractivity contribution in [3.63, 3.8) is 0 Å². The molecule has 0 aliphatic heterocycles. The number of hydrogen-bond donors (Lipinski definition) is 1. The van der Waals surface area contributed by atoms with Crippen molar-refractivity contribution in [2.75, 3.05) is 0 Å². The lowest BCUT2D eigenvalue weighted by Crippen LogP contribution is -1.86. The Morgan fingerprint density at radius 2 is 1.72 bits per heavy atom. The first-order valence-electron chi connectivity index (χ1n) is 5.49. The van der Waals surface area contributed by atoms with E-state index in [0.29, 0.717) is 5.82 Å². The first kappa shape index (κ1) is 10.5. The van der Waals surface area contributed by atoms with Crippen molar-refractivity contribution in [1.29, 1.82) is 0 Å². The first-order valence-corrected chi connectivity index (χ1v) is 5.49. The second kappa shape index (κ2) is 4.67. The number of rotatable bonds is 3. The van der Waals surface area contributed by atoms with Crippen molar-refractivity contribution in [3.05, 3.63) is 54.6 Å². The van der Waals surface area contributed by atoms with Crippen LogP contribution < -0.4 is 4.74 Å². The summed E-state index contributed by atoms with van der Waals surface area (Å²) < 4.78 is 5.73. The van der Waals surface area contributed by atoms with E-state index >= 15 is 0 Å². The molecule has 2 aromatic carbocycles. The van der Waals surface area contributed by atoms with Crippen molar-refractivity contribution in [2.45, 2.75) is 0 Å². The number of hydrogen-bond acceptors (Lipinski definition) is 4. The summed E-state index contributed by atoms with van der Waals surface area (Å²) in [4.78, 5) is 0. The number of H-pyrrole nitrogens is 1. The minimum Gasteiger partial charge on any atom is -0.457 e. The molecule has 1 heterocycles. The third-order valence-corrected chi connectivity index (χ3v) is 2.43. The first-order chi connectivity index (χ1) is 8.92. The number of para-hydroxylation sites is 1. The Hall–Kier alpha value is -2.69. The molecule has 0 unspecified atom stereocenters. The van der Waals surface area contributed by atoms with Crippen molar-refractivity contribution >= 4 is 0 Å². The van der Waals surface area contributed by atoms with E-state index in [2.05, 4.69) is 20.6 Å². The van der Waals surface area contributed by atoms with E-state index in [1.54, 1.807) is 0 Å². The molecule has 3 aromatic rings. The summed E-state index contributed by atoms with van der Waals surface area (Å²) >= 11 is 0. The number of nitrogens with one attached hydrogen (secondary N) is 1. The molecule has 0 spiro atoms. The molecule has 1 N–H and O–H groups in total. The summed E-state index contributed by atoms with van der Waals surface area (Å²) in [7, 11) is 0. The second-order valence-corrected chi connectivity index (χ2v) is 3.69. The zero-order valence-electron chi connectivity index (χ0n) is 9.45. The van der Waals surface area contributed by atoms with Crippen LogP contribution in [0.5, 0.6) is 11.5 Å². The van der Waals surface area contributed by atoms with Gasteiger partial charge in [0.05, 0.1) is 0 Å². The number of benzene rings is 2.